The average Bonchev–Trinajstić information content (AvgIpc) is 1.42. The minimum atomic E-state index is -4.76. The number of piperidine rings is 1. The lowest BCUT2D eigenvalue weighted by Gasteiger charge is -2.43. The van der Waals surface area contributed by atoms with Crippen LogP contribution >= 0.6 is 11.6 Å². The van der Waals surface area contributed by atoms with Crippen LogP contribution in [0.1, 0.15) is 181 Å². The summed E-state index contributed by atoms with van der Waals surface area (Å²) < 4.78 is 41.5. The summed E-state index contributed by atoms with van der Waals surface area (Å²) in [5, 5.41) is 8.13. The highest BCUT2D eigenvalue weighted by Crippen LogP contribution is 2.38. The van der Waals surface area contributed by atoms with Crippen LogP contribution in [-0.2, 0) is 70.1 Å². The van der Waals surface area contributed by atoms with E-state index in [1.54, 1.807) is 11.8 Å². The van der Waals surface area contributed by atoms with Gasteiger partial charge in [-0.1, -0.05) is 104 Å². The molecule has 3 heterocycles. The first-order valence-corrected chi connectivity index (χ1v) is 35.7. The highest BCUT2D eigenvalue weighted by Gasteiger charge is 2.51. The third-order valence-corrected chi connectivity index (χ3v) is 21.2. The van der Waals surface area contributed by atoms with Gasteiger partial charge in [0.1, 0.15) is 47.8 Å². The van der Waals surface area contributed by atoms with Gasteiger partial charge in [-0.15, -0.1) is 0 Å². The van der Waals surface area contributed by atoms with E-state index in [1.165, 1.54) is 79.9 Å². The lowest BCUT2D eigenvalue weighted by molar-refractivity contribution is -0.157. The van der Waals surface area contributed by atoms with Crippen LogP contribution in [0, 0.1) is 17.8 Å². The summed E-state index contributed by atoms with van der Waals surface area (Å²) in [5.74, 6) is -8.83. The maximum absolute atomic E-state index is 15.8. The van der Waals surface area contributed by atoms with Crippen LogP contribution in [0.25, 0.3) is 0 Å². The third-order valence-electron chi connectivity index (χ3n) is 20.9. The van der Waals surface area contributed by atoms with Crippen molar-refractivity contribution >= 4 is 82.5 Å². The van der Waals surface area contributed by atoms with Crippen molar-refractivity contribution in [3.63, 3.8) is 0 Å². The summed E-state index contributed by atoms with van der Waals surface area (Å²) in [4.78, 5) is 190. The lowest BCUT2D eigenvalue weighted by atomic mass is 9.81. The number of nitrogens with zero attached hydrogens (tertiary/aromatic N) is 9. The van der Waals surface area contributed by atoms with Gasteiger partial charge in [-0.2, -0.15) is 13.2 Å². The Morgan fingerprint density at radius 1 is 0.633 bits per heavy atom. The molecule has 1 spiro atoms. The first-order valence-electron chi connectivity index (χ1n) is 35.3. The smallest absolute Gasteiger partial charge is 0.343 e. The first-order chi connectivity index (χ1) is 46.2. The quantitative estimate of drug-likeness (QED) is 0.229. The predicted octanol–water partition coefficient (Wildman–Crippen LogP) is 5.64. The molecule has 3 saturated heterocycles. The molecular formula is C70H108ClF3N12O12. The Balaban J connectivity index is 1.43. The molecule has 2 saturated carbocycles. The Hall–Kier alpha value is -7.06. The van der Waals surface area contributed by atoms with Crippen LogP contribution in [0.15, 0.2) is 18.2 Å². The number of unbranched alkanes of at least 4 members (excludes halogenated alkanes) is 1. The van der Waals surface area contributed by atoms with Crippen LogP contribution in [-0.4, -0.2) is 251 Å². The molecule has 0 radical (unpaired) electrons. The Kier molecular flexibility index (Phi) is 29.2. The van der Waals surface area contributed by atoms with Crippen LogP contribution in [0.4, 0.5) is 13.2 Å². The van der Waals surface area contributed by atoms with E-state index < -0.39 is 173 Å². The molecule has 5 aliphatic rings. The van der Waals surface area contributed by atoms with Crippen LogP contribution in [0.2, 0.25) is 5.02 Å². The molecule has 1 aromatic carbocycles. The molecule has 3 aliphatic heterocycles. The molecule has 6 rings (SSSR count). The lowest BCUT2D eigenvalue weighted by Crippen LogP contribution is -2.65. The Bertz CT molecular complexity index is 3030. The van der Waals surface area contributed by atoms with E-state index in [4.69, 9.17) is 11.6 Å². The fourth-order valence-corrected chi connectivity index (χ4v) is 14.9. The summed E-state index contributed by atoms with van der Waals surface area (Å²) in [6, 6.07) is -5.56. The van der Waals surface area contributed by atoms with Gasteiger partial charge in [-0.3, -0.25) is 57.5 Å². The molecule has 28 heteroatoms. The van der Waals surface area contributed by atoms with Gasteiger partial charge in [-0.05, 0) is 119 Å². The van der Waals surface area contributed by atoms with Crippen molar-refractivity contribution in [3.8, 4) is 0 Å². The number of hydrogen-bond acceptors (Lipinski definition) is 12. The molecule has 5 fully saturated rings. The monoisotopic (exact) mass is 1400 g/mol. The number of carbonyl (C=O) groups is 12. The van der Waals surface area contributed by atoms with Gasteiger partial charge in [0.2, 0.25) is 70.9 Å². The molecule has 3 N–H and O–H groups in total. The van der Waals surface area contributed by atoms with Crippen molar-refractivity contribution in [1.82, 2.24) is 60.0 Å². The van der Waals surface area contributed by atoms with Gasteiger partial charge in [0, 0.05) is 69.0 Å². The summed E-state index contributed by atoms with van der Waals surface area (Å²) in [7, 11) is 9.90. The van der Waals surface area contributed by atoms with E-state index in [2.05, 4.69) is 16.0 Å². The van der Waals surface area contributed by atoms with Crippen LogP contribution < -0.4 is 16.0 Å². The van der Waals surface area contributed by atoms with Crippen LogP contribution in [0.5, 0.6) is 0 Å². The molecule has 2 aliphatic carbocycles. The number of likely N-dealkylation sites (tertiary alicyclic amines) is 1. The van der Waals surface area contributed by atoms with Gasteiger partial charge in [-0.25, -0.2) is 0 Å². The van der Waals surface area contributed by atoms with E-state index in [0.717, 1.165) is 52.5 Å². The van der Waals surface area contributed by atoms with Crippen LogP contribution in [0.3, 0.4) is 0 Å². The van der Waals surface area contributed by atoms with Gasteiger partial charge in [0.25, 0.3) is 0 Å². The van der Waals surface area contributed by atoms with Crippen molar-refractivity contribution in [3.05, 3.63) is 34.3 Å². The molecule has 0 bridgehead atoms. The van der Waals surface area contributed by atoms with Crippen molar-refractivity contribution < 1.29 is 70.7 Å². The molecular weight excluding hydrogens is 1290 g/mol. The van der Waals surface area contributed by atoms with Gasteiger partial charge >= 0.3 is 6.18 Å². The molecule has 1 aromatic rings. The molecule has 12 amide bonds. The first kappa shape index (κ1) is 79.9. The van der Waals surface area contributed by atoms with Crippen molar-refractivity contribution in [2.75, 3.05) is 88.6 Å². The number of halogens is 4. The van der Waals surface area contributed by atoms with E-state index in [-0.39, 0.29) is 57.4 Å². The maximum atomic E-state index is 15.8. The number of hydrogen-bond donors (Lipinski definition) is 3. The number of alkyl halides is 3. The normalized spacial score (nSPS) is 26.1. The number of likely N-dealkylation sites (N-methyl/N-ethyl adjacent to an activating group) is 7. The number of nitrogens with one attached hydrogen (secondary N) is 3. The highest BCUT2D eigenvalue weighted by molar-refractivity contribution is 6.31. The standard InChI is InChI=1S/C70H108ClF3N12O12/c1-13-15-27-52-64(94)79(7)41-55(87)75-50(32-30-46-29-31-48(49(71)39-46)70(72,73)74)63(93)86-37-24-28-51(86)62(92)77-69(33-20-21-34-69)68(98)84(12)60(47-25-18-16-19-26-47)67(97)83(11)54(65(95)85-35-22-17-23-36-85)40-56(88)82(10)53(38-44(3)4)61(91)76-59(45(5)14-2)66(96)80(8)42-57(89)78(6)43-58(90)81(52)9/h29,31,39,44-45,47,50-54,59-60H,13-28,30,32-38,40-43H2,1-12H3,(H,75,87)(H,76,91)(H,77,92)/t45-,50-,51?,52-,53-,54-,59-,60-/m0/s1. The van der Waals surface area contributed by atoms with Crippen molar-refractivity contribution in [2.45, 2.75) is 230 Å². The highest BCUT2D eigenvalue weighted by atomic mass is 35.5. The molecule has 548 valence electrons. The largest absolute Gasteiger partial charge is 0.417 e. The Morgan fingerprint density at radius 2 is 1.24 bits per heavy atom. The average molecular weight is 1400 g/mol. The van der Waals surface area contributed by atoms with Gasteiger partial charge in [0.05, 0.1) is 36.6 Å². The fraction of sp³-hybridized carbons (Fsp3) is 0.743. The zero-order valence-electron chi connectivity index (χ0n) is 59.7. The minimum absolute atomic E-state index is 0.0359. The molecule has 24 nitrogen and oxygen atoms in total. The second-order valence-electron chi connectivity index (χ2n) is 28.6. The Labute approximate surface area is 581 Å². The molecule has 8 atom stereocenters. The van der Waals surface area contributed by atoms with Gasteiger partial charge in [0.15, 0.2) is 0 Å². The number of carbonyl (C=O) groups excluding carboxylic acids is 12. The van der Waals surface area contributed by atoms with E-state index >= 15 is 28.8 Å². The predicted molar refractivity (Wildman–Crippen MR) is 362 cm³/mol. The van der Waals surface area contributed by atoms with Gasteiger partial charge < -0.3 is 60.0 Å². The summed E-state index contributed by atoms with van der Waals surface area (Å²) in [6.07, 6.45) is 3.75. The number of rotatable bonds is 12. The summed E-state index contributed by atoms with van der Waals surface area (Å²) in [6.45, 7) is 8.29. The van der Waals surface area contributed by atoms with Crippen molar-refractivity contribution in [1.29, 1.82) is 0 Å². The summed E-state index contributed by atoms with van der Waals surface area (Å²) >= 11 is 6.13. The Morgan fingerprint density at radius 3 is 1.85 bits per heavy atom. The maximum Gasteiger partial charge on any atom is 0.417 e. The fourth-order valence-electron chi connectivity index (χ4n) is 14.6. The second-order valence-corrected chi connectivity index (χ2v) is 29.0. The summed E-state index contributed by atoms with van der Waals surface area (Å²) in [5.41, 5.74) is -2.34. The minimum Gasteiger partial charge on any atom is -0.343 e. The molecule has 1 unspecified atom stereocenters. The SMILES string of the molecule is CCCC[C@H]1C(=O)N(C)CC(=O)N[C@@H](CCc2ccc(C(F)(F)F)c(Cl)c2)C(=O)N2CCCC2C(=O)NC2(CCCC2)C(=O)N(C)[C@@H](C2CCCCC2)C(=O)N(C)[C@H](C(=O)N2CCCCC2)CC(=O)N(C)[C@@H](CC(C)C)C(=O)N[C@@H]([C@@H](C)CC)C(=O)N(C)CC(=O)N(C)CC(=O)N1C. The van der Waals surface area contributed by atoms with E-state index in [9.17, 15) is 41.9 Å². The van der Waals surface area contributed by atoms with E-state index in [0.29, 0.717) is 82.9 Å². The topological polar surface area (TPSA) is 270 Å². The molecule has 0 aromatic heterocycles. The number of fused-ring (bicyclic) bond motifs is 1. The third kappa shape index (κ3) is 20.1. The zero-order chi connectivity index (χ0) is 72.7. The zero-order valence-corrected chi connectivity index (χ0v) is 60.5. The second kappa shape index (κ2) is 35.8. The number of aryl methyl sites for hydroxylation is 1. The number of benzene rings is 1. The number of amides is 12. The molecule has 98 heavy (non-hydrogen) atoms. The van der Waals surface area contributed by atoms with E-state index in [1.807, 2.05) is 27.7 Å². The van der Waals surface area contributed by atoms with Crippen molar-refractivity contribution in [2.24, 2.45) is 17.8 Å².